The van der Waals surface area contributed by atoms with Gasteiger partial charge >= 0.3 is 0 Å². The van der Waals surface area contributed by atoms with Crippen LogP contribution in [0, 0.1) is 0 Å². The summed E-state index contributed by atoms with van der Waals surface area (Å²) in [6.45, 7) is 0.819. The molecule has 0 spiro atoms. The lowest BCUT2D eigenvalue weighted by molar-refractivity contribution is 0.634. The molecule has 0 bridgehead atoms. The number of hydrogen-bond acceptors (Lipinski definition) is 4. The van der Waals surface area contributed by atoms with E-state index in [0.29, 0.717) is 6.04 Å². The van der Waals surface area contributed by atoms with E-state index in [-0.39, 0.29) is 0 Å². The monoisotopic (exact) mass is 234 g/mol. The maximum absolute atomic E-state index is 4.24. The van der Waals surface area contributed by atoms with Gasteiger partial charge < -0.3 is 9.88 Å². The van der Waals surface area contributed by atoms with Crippen LogP contribution in [-0.2, 0) is 13.6 Å². The van der Waals surface area contributed by atoms with Crippen LogP contribution in [-0.4, -0.2) is 20.8 Å². The van der Waals surface area contributed by atoms with Gasteiger partial charge in [0, 0.05) is 13.1 Å². The first-order valence-electron chi connectivity index (χ1n) is 5.50. The van der Waals surface area contributed by atoms with Gasteiger partial charge in [0.2, 0.25) is 0 Å². The maximum Gasteiger partial charge on any atom is 0.173 e. The highest BCUT2D eigenvalue weighted by Gasteiger charge is 2.21. The van der Waals surface area contributed by atoms with Gasteiger partial charge in [-0.3, -0.25) is 0 Å². The molecule has 0 amide bonds. The second kappa shape index (κ2) is 3.99. The number of nitrogens with one attached hydrogen (secondary N) is 1. The first-order valence-corrected chi connectivity index (χ1v) is 6.38. The molecule has 3 rings (SSSR count). The van der Waals surface area contributed by atoms with Crippen LogP contribution in [0.15, 0.2) is 17.5 Å². The van der Waals surface area contributed by atoms with Gasteiger partial charge in [-0.1, -0.05) is 6.07 Å². The van der Waals surface area contributed by atoms with Crippen molar-refractivity contribution in [3.8, 4) is 10.7 Å². The molecule has 0 atom stereocenters. The average Bonchev–Trinajstić information content (AvgIpc) is 2.82. The number of thiophene rings is 1. The van der Waals surface area contributed by atoms with E-state index in [1.54, 1.807) is 11.3 Å². The van der Waals surface area contributed by atoms with Crippen molar-refractivity contribution in [2.24, 2.45) is 7.05 Å². The van der Waals surface area contributed by atoms with Crippen molar-refractivity contribution in [3.05, 3.63) is 23.3 Å². The average molecular weight is 234 g/mol. The zero-order valence-corrected chi connectivity index (χ0v) is 10.00. The minimum Gasteiger partial charge on any atom is -0.312 e. The highest BCUT2D eigenvalue weighted by atomic mass is 32.1. The molecular formula is C11H14N4S. The lowest BCUT2D eigenvalue weighted by atomic mass is 10.4. The predicted molar refractivity (Wildman–Crippen MR) is 64.2 cm³/mol. The van der Waals surface area contributed by atoms with Crippen LogP contribution in [0.25, 0.3) is 10.7 Å². The van der Waals surface area contributed by atoms with Gasteiger partial charge in [-0.05, 0) is 24.3 Å². The second-order valence-electron chi connectivity index (χ2n) is 4.13. The van der Waals surface area contributed by atoms with Gasteiger partial charge in [0.05, 0.1) is 11.4 Å². The Kier molecular flexibility index (Phi) is 2.49. The van der Waals surface area contributed by atoms with Crippen LogP contribution in [0.5, 0.6) is 0 Å². The Labute approximate surface area is 98.3 Å². The van der Waals surface area contributed by atoms with Crippen molar-refractivity contribution in [1.82, 2.24) is 20.1 Å². The first-order chi connectivity index (χ1) is 7.84. The van der Waals surface area contributed by atoms with E-state index in [1.165, 1.54) is 17.7 Å². The Hall–Kier alpha value is -1.20. The van der Waals surface area contributed by atoms with E-state index in [0.717, 1.165) is 18.2 Å². The maximum atomic E-state index is 4.24. The van der Waals surface area contributed by atoms with Crippen molar-refractivity contribution in [2.75, 3.05) is 0 Å². The molecule has 2 aromatic rings. The number of aromatic nitrogens is 3. The third-order valence-electron chi connectivity index (χ3n) is 2.83. The Morgan fingerprint density at radius 3 is 3.06 bits per heavy atom. The topological polar surface area (TPSA) is 42.7 Å². The second-order valence-corrected chi connectivity index (χ2v) is 5.08. The van der Waals surface area contributed by atoms with Gasteiger partial charge in [-0.25, -0.2) is 0 Å². The van der Waals surface area contributed by atoms with Crippen LogP contribution in [0.4, 0.5) is 0 Å². The molecule has 1 N–H and O–H groups in total. The zero-order valence-electron chi connectivity index (χ0n) is 9.18. The molecule has 84 valence electrons. The quantitative estimate of drug-likeness (QED) is 0.877. The lowest BCUT2D eigenvalue weighted by Crippen LogP contribution is -2.18. The van der Waals surface area contributed by atoms with Crippen molar-refractivity contribution in [1.29, 1.82) is 0 Å². The van der Waals surface area contributed by atoms with E-state index in [4.69, 9.17) is 0 Å². The van der Waals surface area contributed by atoms with Crippen LogP contribution >= 0.6 is 11.3 Å². The minimum atomic E-state index is 0.710. The van der Waals surface area contributed by atoms with Crippen molar-refractivity contribution in [3.63, 3.8) is 0 Å². The summed E-state index contributed by atoms with van der Waals surface area (Å²) in [5, 5.41) is 14.0. The Morgan fingerprint density at radius 1 is 1.50 bits per heavy atom. The molecule has 0 unspecified atom stereocenters. The third kappa shape index (κ3) is 1.88. The standard InChI is InChI=1S/C11H14N4S/c1-15-10(7-12-8-4-5-8)13-14-11(15)9-3-2-6-16-9/h2-3,6,8,12H,4-5,7H2,1H3. The number of nitrogens with zero attached hydrogens (tertiary/aromatic N) is 3. The summed E-state index contributed by atoms with van der Waals surface area (Å²) in [7, 11) is 2.03. The first kappa shape index (κ1) is 9.99. The van der Waals surface area contributed by atoms with Crippen LogP contribution in [0.3, 0.4) is 0 Å². The van der Waals surface area contributed by atoms with Crippen molar-refractivity contribution in [2.45, 2.75) is 25.4 Å². The summed E-state index contributed by atoms with van der Waals surface area (Å²) in [5.74, 6) is 1.97. The van der Waals surface area contributed by atoms with Crippen molar-refractivity contribution < 1.29 is 0 Å². The summed E-state index contributed by atoms with van der Waals surface area (Å²) in [5.41, 5.74) is 0. The van der Waals surface area contributed by atoms with Gasteiger partial charge in [0.25, 0.3) is 0 Å². The molecule has 1 fully saturated rings. The third-order valence-corrected chi connectivity index (χ3v) is 3.70. The van der Waals surface area contributed by atoms with Crippen LogP contribution < -0.4 is 5.32 Å². The molecule has 1 aliphatic rings. The van der Waals surface area contributed by atoms with E-state index in [2.05, 4.69) is 31.5 Å². The van der Waals surface area contributed by atoms with Gasteiger partial charge in [0.15, 0.2) is 5.82 Å². The smallest absolute Gasteiger partial charge is 0.173 e. The summed E-state index contributed by atoms with van der Waals surface area (Å²) < 4.78 is 2.07. The summed E-state index contributed by atoms with van der Waals surface area (Å²) in [4.78, 5) is 1.17. The molecule has 16 heavy (non-hydrogen) atoms. The minimum absolute atomic E-state index is 0.710. The summed E-state index contributed by atoms with van der Waals surface area (Å²) in [6.07, 6.45) is 2.60. The van der Waals surface area contributed by atoms with E-state index in [9.17, 15) is 0 Å². The lowest BCUT2D eigenvalue weighted by Gasteiger charge is -2.03. The van der Waals surface area contributed by atoms with Gasteiger partial charge in [0.1, 0.15) is 5.82 Å². The summed E-state index contributed by atoms with van der Waals surface area (Å²) >= 11 is 1.70. The van der Waals surface area contributed by atoms with E-state index < -0.39 is 0 Å². The van der Waals surface area contributed by atoms with Gasteiger partial charge in [-0.15, -0.1) is 21.5 Å². The highest BCUT2D eigenvalue weighted by Crippen LogP contribution is 2.23. The number of rotatable bonds is 4. The molecule has 0 aliphatic heterocycles. The molecule has 0 radical (unpaired) electrons. The number of hydrogen-bond donors (Lipinski definition) is 1. The molecule has 2 aromatic heterocycles. The molecular weight excluding hydrogens is 220 g/mol. The zero-order chi connectivity index (χ0) is 11.0. The Morgan fingerprint density at radius 2 is 2.38 bits per heavy atom. The Balaban J connectivity index is 1.79. The molecule has 4 nitrogen and oxygen atoms in total. The fourth-order valence-electron chi connectivity index (χ4n) is 1.66. The molecule has 1 aliphatic carbocycles. The fourth-order valence-corrected chi connectivity index (χ4v) is 2.40. The van der Waals surface area contributed by atoms with Crippen LogP contribution in [0.2, 0.25) is 0 Å². The molecule has 1 saturated carbocycles. The summed E-state index contributed by atoms with van der Waals surface area (Å²) in [6, 6.07) is 4.82. The van der Waals surface area contributed by atoms with E-state index >= 15 is 0 Å². The van der Waals surface area contributed by atoms with Crippen LogP contribution in [0.1, 0.15) is 18.7 Å². The predicted octanol–water partition coefficient (Wildman–Crippen LogP) is 1.80. The molecule has 2 heterocycles. The van der Waals surface area contributed by atoms with Crippen molar-refractivity contribution >= 4 is 11.3 Å². The molecule has 0 saturated heterocycles. The highest BCUT2D eigenvalue weighted by molar-refractivity contribution is 7.13. The Bertz CT molecular complexity index is 470. The fraction of sp³-hybridized carbons (Fsp3) is 0.455. The molecule has 0 aromatic carbocycles. The van der Waals surface area contributed by atoms with E-state index in [1.807, 2.05) is 13.1 Å². The van der Waals surface area contributed by atoms with Gasteiger partial charge in [-0.2, -0.15) is 0 Å². The largest absolute Gasteiger partial charge is 0.312 e. The SMILES string of the molecule is Cn1c(CNC2CC2)nnc1-c1cccs1. The molecule has 5 heteroatoms. The normalized spacial score (nSPS) is 15.6.